The van der Waals surface area contributed by atoms with Gasteiger partial charge in [0.1, 0.15) is 5.75 Å². The predicted molar refractivity (Wildman–Crippen MR) is 148 cm³/mol. The Balaban J connectivity index is 1.11. The molecule has 6 atom stereocenters. The minimum Gasteiger partial charge on any atom is -0.508 e. The van der Waals surface area contributed by atoms with Gasteiger partial charge in [0, 0.05) is 30.3 Å². The summed E-state index contributed by atoms with van der Waals surface area (Å²) in [5.74, 6) is 1.91. The molecule has 0 amide bonds. The molecule has 1 aromatic heterocycles. The third kappa shape index (κ3) is 5.32. The molecule has 1 heterocycles. The average Bonchev–Trinajstić information content (AvgIpc) is 3.15. The molecule has 3 aliphatic carbocycles. The average molecular weight is 507 g/mol. The number of fused-ring (bicyclic) bond motifs is 5. The first-order valence-electron chi connectivity index (χ1n) is 14.7. The summed E-state index contributed by atoms with van der Waals surface area (Å²) in [7, 11) is 0. The van der Waals surface area contributed by atoms with Gasteiger partial charge in [-0.15, -0.1) is 0 Å². The van der Waals surface area contributed by atoms with Crippen molar-refractivity contribution in [3.63, 3.8) is 0 Å². The molecule has 0 spiro atoms. The van der Waals surface area contributed by atoms with Crippen molar-refractivity contribution in [3.8, 4) is 5.75 Å². The molecule has 3 aliphatic rings. The van der Waals surface area contributed by atoms with Crippen LogP contribution in [0.25, 0.3) is 0 Å². The Hall–Kier alpha value is -1.95. The lowest BCUT2D eigenvalue weighted by Gasteiger charge is -2.50. The van der Waals surface area contributed by atoms with E-state index in [9.17, 15) is 15.3 Å². The molecule has 3 unspecified atom stereocenters. The Bertz CT molecular complexity index is 1030. The fourth-order valence-corrected chi connectivity index (χ4v) is 8.33. The minimum absolute atomic E-state index is 0.0944. The fraction of sp³-hybridized carbons (Fsp3) is 0.656. The molecule has 0 bridgehead atoms. The monoisotopic (exact) mass is 506 g/mol. The lowest BCUT2D eigenvalue weighted by Crippen LogP contribution is -2.46. The molecular formula is C32H46N2O3. The Morgan fingerprint density at radius 1 is 1.05 bits per heavy atom. The van der Waals surface area contributed by atoms with E-state index in [2.05, 4.69) is 29.4 Å². The van der Waals surface area contributed by atoms with Gasteiger partial charge >= 0.3 is 0 Å². The van der Waals surface area contributed by atoms with Crippen molar-refractivity contribution in [2.24, 2.45) is 22.7 Å². The summed E-state index contributed by atoms with van der Waals surface area (Å²) < 4.78 is 0. The number of aryl methyl sites for hydroxylation is 1. The summed E-state index contributed by atoms with van der Waals surface area (Å²) in [5.41, 5.74) is 3.40. The number of aromatic hydroxyl groups is 1. The summed E-state index contributed by atoms with van der Waals surface area (Å²) >= 11 is 0. The number of nitrogens with zero attached hydrogens (tertiary/aromatic N) is 1. The van der Waals surface area contributed by atoms with Gasteiger partial charge < -0.3 is 20.6 Å². The standard InChI is InChI=1S/C32H46N2O3/c1-31-16-13-27-26-12-10-25(36)20-23(26)9-11-28(27)29(31)21-32(22-35,30(31)37)15-5-2-3-6-17-33-19-14-24-8-4-7-18-34-24/h4,7-8,10,12,18,20,27-30,33,35-37H,2-3,5-6,9,11,13-17,19,21-22H2,1H3/t27?,28?,29?,30-,31+,32-/m1/s1. The molecule has 2 fully saturated rings. The Labute approximate surface area is 222 Å². The van der Waals surface area contributed by atoms with Gasteiger partial charge in [0.05, 0.1) is 12.7 Å². The number of rotatable bonds is 11. The molecule has 0 saturated heterocycles. The van der Waals surface area contributed by atoms with Crippen molar-refractivity contribution in [1.82, 2.24) is 10.3 Å². The van der Waals surface area contributed by atoms with Gasteiger partial charge in [-0.1, -0.05) is 38.3 Å². The molecule has 5 nitrogen and oxygen atoms in total. The first-order chi connectivity index (χ1) is 18.0. The highest BCUT2D eigenvalue weighted by Gasteiger charge is 2.63. The van der Waals surface area contributed by atoms with E-state index in [1.165, 1.54) is 17.5 Å². The third-order valence-electron chi connectivity index (χ3n) is 10.4. The van der Waals surface area contributed by atoms with Crippen molar-refractivity contribution in [2.45, 2.75) is 89.6 Å². The highest BCUT2D eigenvalue weighted by atomic mass is 16.3. The van der Waals surface area contributed by atoms with E-state index in [1.807, 2.05) is 30.5 Å². The van der Waals surface area contributed by atoms with Crippen LogP contribution in [0.2, 0.25) is 0 Å². The molecule has 0 radical (unpaired) electrons. The number of unbranched alkanes of at least 4 members (excludes halogenated alkanes) is 3. The summed E-state index contributed by atoms with van der Waals surface area (Å²) in [5, 5.41) is 35.8. The molecule has 2 saturated carbocycles. The van der Waals surface area contributed by atoms with E-state index >= 15 is 0 Å². The molecule has 5 heteroatoms. The maximum Gasteiger partial charge on any atom is 0.115 e. The SMILES string of the molecule is C[C@]12CCC3c4ccc(O)cc4CCC3C1C[C@@](CO)(CCCCCCNCCc1ccccn1)[C@@H]2O. The topological polar surface area (TPSA) is 85.6 Å². The Morgan fingerprint density at radius 2 is 1.92 bits per heavy atom. The molecule has 0 aliphatic heterocycles. The highest BCUT2D eigenvalue weighted by molar-refractivity contribution is 5.40. The van der Waals surface area contributed by atoms with Crippen molar-refractivity contribution in [3.05, 3.63) is 59.4 Å². The minimum atomic E-state index is -0.426. The van der Waals surface area contributed by atoms with Gasteiger partial charge in [0.2, 0.25) is 0 Å². The van der Waals surface area contributed by atoms with Gasteiger partial charge in [-0.2, -0.15) is 0 Å². The van der Waals surface area contributed by atoms with E-state index in [4.69, 9.17) is 0 Å². The molecule has 4 N–H and O–H groups in total. The van der Waals surface area contributed by atoms with Crippen LogP contribution in [0.5, 0.6) is 5.75 Å². The summed E-state index contributed by atoms with van der Waals surface area (Å²) in [6, 6.07) is 12.0. The predicted octanol–water partition coefficient (Wildman–Crippen LogP) is 5.38. The molecule has 2 aromatic rings. The van der Waals surface area contributed by atoms with E-state index < -0.39 is 6.10 Å². The molecule has 5 rings (SSSR count). The van der Waals surface area contributed by atoms with Crippen molar-refractivity contribution in [2.75, 3.05) is 19.7 Å². The second-order valence-electron chi connectivity index (χ2n) is 12.5. The number of benzene rings is 1. The Kier molecular flexibility index (Phi) is 8.23. The van der Waals surface area contributed by atoms with Crippen LogP contribution >= 0.6 is 0 Å². The second-order valence-corrected chi connectivity index (χ2v) is 12.5. The fourth-order valence-electron chi connectivity index (χ4n) is 8.33. The molecule has 37 heavy (non-hydrogen) atoms. The van der Waals surface area contributed by atoms with Crippen LogP contribution < -0.4 is 5.32 Å². The van der Waals surface area contributed by atoms with Crippen LogP contribution in [-0.4, -0.2) is 46.1 Å². The normalized spacial score (nSPS) is 32.5. The quantitative estimate of drug-likeness (QED) is 0.308. The summed E-state index contributed by atoms with van der Waals surface area (Å²) in [6.07, 6.45) is 13.1. The maximum absolute atomic E-state index is 11.7. The zero-order valence-corrected chi connectivity index (χ0v) is 22.5. The highest BCUT2D eigenvalue weighted by Crippen LogP contribution is 2.66. The van der Waals surface area contributed by atoms with E-state index in [0.29, 0.717) is 23.5 Å². The van der Waals surface area contributed by atoms with Gasteiger partial charge in [-0.25, -0.2) is 0 Å². The largest absolute Gasteiger partial charge is 0.508 e. The van der Waals surface area contributed by atoms with Gasteiger partial charge in [-0.05, 0) is 110 Å². The zero-order valence-electron chi connectivity index (χ0n) is 22.5. The van der Waals surface area contributed by atoms with E-state index in [0.717, 1.165) is 83.0 Å². The Morgan fingerprint density at radius 3 is 2.73 bits per heavy atom. The van der Waals surface area contributed by atoms with Crippen molar-refractivity contribution >= 4 is 0 Å². The maximum atomic E-state index is 11.7. The number of aliphatic hydroxyl groups excluding tert-OH is 2. The van der Waals surface area contributed by atoms with Crippen LogP contribution in [0.4, 0.5) is 0 Å². The van der Waals surface area contributed by atoms with Crippen molar-refractivity contribution < 1.29 is 15.3 Å². The van der Waals surface area contributed by atoms with Crippen LogP contribution in [0.1, 0.15) is 87.4 Å². The summed E-state index contributed by atoms with van der Waals surface area (Å²) in [6.45, 7) is 4.39. The third-order valence-corrected chi connectivity index (χ3v) is 10.4. The number of nitrogens with one attached hydrogen (secondary N) is 1. The number of hydrogen-bond donors (Lipinski definition) is 4. The smallest absolute Gasteiger partial charge is 0.115 e. The first-order valence-corrected chi connectivity index (χ1v) is 14.7. The van der Waals surface area contributed by atoms with Crippen LogP contribution in [0, 0.1) is 22.7 Å². The van der Waals surface area contributed by atoms with E-state index in [-0.39, 0.29) is 17.4 Å². The molecular weight excluding hydrogens is 460 g/mol. The summed E-state index contributed by atoms with van der Waals surface area (Å²) in [4.78, 5) is 4.37. The molecule has 1 aromatic carbocycles. The van der Waals surface area contributed by atoms with Crippen molar-refractivity contribution in [1.29, 1.82) is 0 Å². The van der Waals surface area contributed by atoms with Gasteiger partial charge in [-0.3, -0.25) is 4.98 Å². The lowest BCUT2D eigenvalue weighted by atomic mass is 9.55. The number of aliphatic hydroxyl groups is 2. The zero-order chi connectivity index (χ0) is 25.9. The van der Waals surface area contributed by atoms with Gasteiger partial charge in [0.25, 0.3) is 0 Å². The van der Waals surface area contributed by atoms with Crippen LogP contribution in [0.15, 0.2) is 42.6 Å². The van der Waals surface area contributed by atoms with Crippen LogP contribution in [0.3, 0.4) is 0 Å². The number of hydrogen-bond acceptors (Lipinski definition) is 5. The number of aromatic nitrogens is 1. The number of pyridine rings is 1. The first kappa shape index (κ1) is 26.6. The number of phenols is 1. The molecule has 202 valence electrons. The van der Waals surface area contributed by atoms with E-state index in [1.54, 1.807) is 0 Å². The number of phenolic OH excluding ortho intramolecular Hbond substituents is 1. The lowest BCUT2D eigenvalue weighted by molar-refractivity contribution is -0.0715. The van der Waals surface area contributed by atoms with Gasteiger partial charge in [0.15, 0.2) is 0 Å². The van der Waals surface area contributed by atoms with Crippen LogP contribution in [-0.2, 0) is 12.8 Å². The second kappa shape index (κ2) is 11.4.